The van der Waals surface area contributed by atoms with Gasteiger partial charge in [-0.3, -0.25) is 4.79 Å². The molecule has 0 amide bonds. The minimum atomic E-state index is 0.427. The molecule has 2 aliphatic rings. The third-order valence-corrected chi connectivity index (χ3v) is 5.40. The highest BCUT2D eigenvalue weighted by atomic mass is 16.1. The Morgan fingerprint density at radius 2 is 1.56 bits per heavy atom. The molecule has 0 saturated heterocycles. The van der Waals surface area contributed by atoms with Crippen molar-refractivity contribution in [2.75, 3.05) is 0 Å². The molecule has 1 nitrogen and oxygen atoms in total. The number of hydrogen-bond acceptors (Lipinski definition) is 1. The average molecular weight is 250 g/mol. The summed E-state index contributed by atoms with van der Waals surface area (Å²) in [6.45, 7) is 2.29. The molecule has 0 bridgehead atoms. The Morgan fingerprint density at radius 3 is 2.17 bits per heavy atom. The fourth-order valence-electron chi connectivity index (χ4n) is 3.92. The molecule has 0 heterocycles. The lowest BCUT2D eigenvalue weighted by Gasteiger charge is -2.27. The van der Waals surface area contributed by atoms with E-state index in [0.717, 1.165) is 18.3 Å². The van der Waals surface area contributed by atoms with Crippen molar-refractivity contribution in [2.24, 2.45) is 17.8 Å². The highest BCUT2D eigenvalue weighted by molar-refractivity contribution is 5.81. The molecule has 0 radical (unpaired) electrons. The minimum absolute atomic E-state index is 0.427. The van der Waals surface area contributed by atoms with Crippen LogP contribution in [-0.2, 0) is 4.79 Å². The SMILES string of the molecule is CCC1CCC(C(=O)CCC2CCCCC2)CC1. The maximum absolute atomic E-state index is 12.2. The van der Waals surface area contributed by atoms with Crippen molar-refractivity contribution in [3.63, 3.8) is 0 Å². The van der Waals surface area contributed by atoms with Crippen LogP contribution in [0.1, 0.15) is 84.0 Å². The van der Waals surface area contributed by atoms with Gasteiger partial charge in [0, 0.05) is 12.3 Å². The standard InChI is InChI=1S/C17H30O/c1-2-14-8-11-16(12-9-14)17(18)13-10-15-6-4-3-5-7-15/h14-16H,2-13H2,1H3. The first-order valence-electron chi connectivity index (χ1n) is 8.32. The van der Waals surface area contributed by atoms with E-state index in [1.807, 2.05) is 0 Å². The van der Waals surface area contributed by atoms with Gasteiger partial charge in [-0.05, 0) is 43.9 Å². The molecule has 1 heteroatoms. The third-order valence-electron chi connectivity index (χ3n) is 5.40. The van der Waals surface area contributed by atoms with Gasteiger partial charge in [0.1, 0.15) is 5.78 Å². The molecule has 0 aromatic heterocycles. The molecule has 0 aromatic carbocycles. The van der Waals surface area contributed by atoms with Crippen LogP contribution in [0.15, 0.2) is 0 Å². The molecule has 2 rings (SSSR count). The highest BCUT2D eigenvalue weighted by Crippen LogP contribution is 2.33. The summed E-state index contributed by atoms with van der Waals surface area (Å²) in [4.78, 5) is 12.2. The van der Waals surface area contributed by atoms with Crippen LogP contribution in [0.2, 0.25) is 0 Å². The quantitative estimate of drug-likeness (QED) is 0.661. The molecular formula is C17H30O. The molecule has 2 saturated carbocycles. The Morgan fingerprint density at radius 1 is 0.889 bits per heavy atom. The van der Waals surface area contributed by atoms with Gasteiger partial charge < -0.3 is 0 Å². The average Bonchev–Trinajstić information content (AvgIpc) is 2.46. The fourth-order valence-corrected chi connectivity index (χ4v) is 3.92. The summed E-state index contributed by atoms with van der Waals surface area (Å²) in [7, 11) is 0. The Kier molecular flexibility index (Phi) is 5.72. The Balaban J connectivity index is 1.65. The molecule has 0 aromatic rings. The molecule has 0 unspecified atom stereocenters. The van der Waals surface area contributed by atoms with Crippen LogP contribution in [0.25, 0.3) is 0 Å². The first kappa shape index (κ1) is 14.1. The summed E-state index contributed by atoms with van der Waals surface area (Å²) < 4.78 is 0. The number of carbonyl (C=O) groups is 1. The molecule has 0 spiro atoms. The van der Waals surface area contributed by atoms with Crippen LogP contribution in [0.4, 0.5) is 0 Å². The summed E-state index contributed by atoms with van der Waals surface area (Å²) in [6.07, 6.45) is 15.3. The van der Waals surface area contributed by atoms with Gasteiger partial charge in [-0.25, -0.2) is 0 Å². The maximum Gasteiger partial charge on any atom is 0.135 e. The summed E-state index contributed by atoms with van der Waals surface area (Å²) in [5.74, 6) is 2.80. The lowest BCUT2D eigenvalue weighted by Crippen LogP contribution is -2.22. The van der Waals surface area contributed by atoms with Crippen LogP contribution in [-0.4, -0.2) is 5.78 Å². The van der Waals surface area contributed by atoms with Crippen LogP contribution < -0.4 is 0 Å². The second kappa shape index (κ2) is 7.31. The second-order valence-electron chi connectivity index (χ2n) is 6.63. The number of ketones is 1. The van der Waals surface area contributed by atoms with Crippen molar-refractivity contribution >= 4 is 5.78 Å². The summed E-state index contributed by atoms with van der Waals surface area (Å²) >= 11 is 0. The Hall–Kier alpha value is -0.330. The molecule has 18 heavy (non-hydrogen) atoms. The van der Waals surface area contributed by atoms with E-state index in [1.54, 1.807) is 0 Å². The maximum atomic E-state index is 12.2. The van der Waals surface area contributed by atoms with Gasteiger partial charge in [0.2, 0.25) is 0 Å². The van der Waals surface area contributed by atoms with Gasteiger partial charge in [0.25, 0.3) is 0 Å². The first-order chi connectivity index (χ1) is 8.79. The zero-order chi connectivity index (χ0) is 12.8. The van der Waals surface area contributed by atoms with Crippen LogP contribution in [0, 0.1) is 17.8 Å². The lowest BCUT2D eigenvalue weighted by molar-refractivity contribution is -0.124. The van der Waals surface area contributed by atoms with Gasteiger partial charge in [-0.2, -0.15) is 0 Å². The molecule has 2 fully saturated rings. The van der Waals surface area contributed by atoms with E-state index in [4.69, 9.17) is 0 Å². The predicted molar refractivity (Wildman–Crippen MR) is 76.6 cm³/mol. The van der Waals surface area contributed by atoms with Crippen molar-refractivity contribution in [1.29, 1.82) is 0 Å². The second-order valence-corrected chi connectivity index (χ2v) is 6.63. The number of rotatable bonds is 5. The topological polar surface area (TPSA) is 17.1 Å². The molecule has 0 aliphatic heterocycles. The molecule has 2 aliphatic carbocycles. The fraction of sp³-hybridized carbons (Fsp3) is 0.941. The molecule has 104 valence electrons. The van der Waals surface area contributed by atoms with Crippen molar-refractivity contribution in [1.82, 2.24) is 0 Å². The summed E-state index contributed by atoms with van der Waals surface area (Å²) in [5.41, 5.74) is 0. The zero-order valence-electron chi connectivity index (χ0n) is 12.1. The zero-order valence-corrected chi connectivity index (χ0v) is 12.1. The van der Waals surface area contributed by atoms with Crippen molar-refractivity contribution in [3.8, 4) is 0 Å². The number of Topliss-reactive ketones (excluding diaryl/α,β-unsaturated/α-hetero) is 1. The van der Waals surface area contributed by atoms with Gasteiger partial charge in [-0.15, -0.1) is 0 Å². The van der Waals surface area contributed by atoms with E-state index in [9.17, 15) is 4.79 Å². The Bertz CT molecular complexity index is 244. The number of carbonyl (C=O) groups excluding carboxylic acids is 1. The first-order valence-corrected chi connectivity index (χ1v) is 8.32. The van der Waals surface area contributed by atoms with Gasteiger partial charge in [0.05, 0.1) is 0 Å². The van der Waals surface area contributed by atoms with E-state index >= 15 is 0 Å². The van der Waals surface area contributed by atoms with Crippen LogP contribution in [0.3, 0.4) is 0 Å². The third kappa shape index (κ3) is 4.10. The highest BCUT2D eigenvalue weighted by Gasteiger charge is 2.25. The van der Waals surface area contributed by atoms with Crippen molar-refractivity contribution in [3.05, 3.63) is 0 Å². The molecule has 0 N–H and O–H groups in total. The van der Waals surface area contributed by atoms with Gasteiger partial charge >= 0.3 is 0 Å². The van der Waals surface area contributed by atoms with E-state index in [2.05, 4.69) is 6.92 Å². The van der Waals surface area contributed by atoms with Gasteiger partial charge in [-0.1, -0.05) is 45.4 Å². The lowest BCUT2D eigenvalue weighted by atomic mass is 9.77. The largest absolute Gasteiger partial charge is 0.299 e. The Labute approximate surface area is 113 Å². The molecular weight excluding hydrogens is 220 g/mol. The van der Waals surface area contributed by atoms with Crippen molar-refractivity contribution in [2.45, 2.75) is 84.0 Å². The van der Waals surface area contributed by atoms with Crippen molar-refractivity contribution < 1.29 is 4.79 Å². The molecule has 0 atom stereocenters. The number of hydrogen-bond donors (Lipinski definition) is 0. The normalized spacial score (nSPS) is 30.3. The van der Waals surface area contributed by atoms with E-state index in [1.165, 1.54) is 70.6 Å². The monoisotopic (exact) mass is 250 g/mol. The minimum Gasteiger partial charge on any atom is -0.299 e. The van der Waals surface area contributed by atoms with E-state index in [0.29, 0.717) is 11.7 Å². The summed E-state index contributed by atoms with van der Waals surface area (Å²) in [5, 5.41) is 0. The predicted octanol–water partition coefficient (Wildman–Crippen LogP) is 5.13. The van der Waals surface area contributed by atoms with Gasteiger partial charge in [0.15, 0.2) is 0 Å². The van der Waals surface area contributed by atoms with E-state index < -0.39 is 0 Å². The summed E-state index contributed by atoms with van der Waals surface area (Å²) in [6, 6.07) is 0. The van der Waals surface area contributed by atoms with E-state index in [-0.39, 0.29) is 0 Å². The smallest absolute Gasteiger partial charge is 0.135 e. The van der Waals surface area contributed by atoms with Crippen LogP contribution >= 0.6 is 0 Å². The van der Waals surface area contributed by atoms with Crippen LogP contribution in [0.5, 0.6) is 0 Å².